The van der Waals surface area contributed by atoms with Crippen LogP contribution in [0.3, 0.4) is 0 Å². The summed E-state index contributed by atoms with van der Waals surface area (Å²) in [4.78, 5) is 33.9. The summed E-state index contributed by atoms with van der Waals surface area (Å²) in [5, 5.41) is 3.34. The number of ether oxygens (including phenoxy) is 1. The Labute approximate surface area is 185 Å². The lowest BCUT2D eigenvalue weighted by molar-refractivity contribution is -0.137. The van der Waals surface area contributed by atoms with E-state index in [1.165, 1.54) is 17.0 Å². The predicted molar refractivity (Wildman–Crippen MR) is 115 cm³/mol. The Morgan fingerprint density at radius 1 is 1.25 bits per heavy atom. The second-order valence-electron chi connectivity index (χ2n) is 7.63. The minimum Gasteiger partial charge on any atom is -0.492 e. The molecule has 4 rings (SSSR count). The van der Waals surface area contributed by atoms with Crippen LogP contribution in [0.4, 0.5) is 13.2 Å². The maximum absolute atomic E-state index is 12.7. The van der Waals surface area contributed by atoms with Gasteiger partial charge in [0, 0.05) is 17.7 Å². The number of amides is 1. The van der Waals surface area contributed by atoms with Gasteiger partial charge in [0.1, 0.15) is 23.0 Å². The number of nitrogens with one attached hydrogen (secondary N) is 2. The molecule has 1 aromatic carbocycles. The van der Waals surface area contributed by atoms with E-state index in [1.54, 1.807) is 11.3 Å². The smallest absolute Gasteiger partial charge is 0.416 e. The highest BCUT2D eigenvalue weighted by molar-refractivity contribution is 7.18. The molecule has 0 spiro atoms. The predicted octanol–water partition coefficient (Wildman–Crippen LogP) is 4.01. The van der Waals surface area contributed by atoms with Crippen LogP contribution in [0, 0.1) is 0 Å². The molecule has 2 aromatic heterocycles. The van der Waals surface area contributed by atoms with Gasteiger partial charge >= 0.3 is 6.18 Å². The number of carbonyl (C=O) groups is 1. The molecular weight excluding hydrogens is 443 g/mol. The normalized spacial score (nSPS) is 13.7. The number of alkyl halides is 3. The van der Waals surface area contributed by atoms with E-state index in [1.807, 2.05) is 0 Å². The van der Waals surface area contributed by atoms with Gasteiger partial charge in [-0.25, -0.2) is 4.98 Å². The lowest BCUT2D eigenvalue weighted by Crippen LogP contribution is -2.28. The molecule has 0 saturated heterocycles. The summed E-state index contributed by atoms with van der Waals surface area (Å²) in [6.07, 6.45) is 0.0750. The molecule has 6 nitrogen and oxygen atoms in total. The van der Waals surface area contributed by atoms with Crippen molar-refractivity contribution in [2.75, 3.05) is 13.2 Å². The minimum absolute atomic E-state index is 0.0365. The van der Waals surface area contributed by atoms with Gasteiger partial charge in [0.2, 0.25) is 5.91 Å². The number of H-pyrrole nitrogens is 1. The average molecular weight is 465 g/mol. The maximum Gasteiger partial charge on any atom is 0.416 e. The summed E-state index contributed by atoms with van der Waals surface area (Å²) < 4.78 is 43.4. The molecular formula is C22H22F3N3O3S. The molecule has 1 aliphatic carbocycles. The van der Waals surface area contributed by atoms with Crippen LogP contribution in [0.5, 0.6) is 5.75 Å². The molecule has 2 heterocycles. The number of rotatable bonds is 7. The van der Waals surface area contributed by atoms with Crippen molar-refractivity contribution in [3.05, 3.63) is 56.4 Å². The summed E-state index contributed by atoms with van der Waals surface area (Å²) in [5.74, 6) is 0.296. The van der Waals surface area contributed by atoms with Crippen molar-refractivity contribution < 1.29 is 22.7 Å². The van der Waals surface area contributed by atoms with E-state index in [9.17, 15) is 22.8 Å². The minimum atomic E-state index is -4.44. The molecule has 0 saturated carbocycles. The number of aromatic nitrogens is 2. The van der Waals surface area contributed by atoms with Gasteiger partial charge in [0.05, 0.1) is 17.5 Å². The second kappa shape index (κ2) is 9.32. The van der Waals surface area contributed by atoms with Crippen LogP contribution >= 0.6 is 11.3 Å². The third kappa shape index (κ3) is 5.12. The number of aromatic amines is 1. The number of carbonyl (C=O) groups excluding carboxylic acids is 1. The molecule has 170 valence electrons. The molecule has 3 aromatic rings. The van der Waals surface area contributed by atoms with Gasteiger partial charge in [0.25, 0.3) is 5.56 Å². The Kier molecular flexibility index (Phi) is 6.50. The molecule has 0 aliphatic heterocycles. The molecule has 0 fully saturated rings. The van der Waals surface area contributed by atoms with E-state index in [0.29, 0.717) is 11.2 Å². The fraction of sp³-hybridized carbons (Fsp3) is 0.409. The monoisotopic (exact) mass is 465 g/mol. The van der Waals surface area contributed by atoms with Crippen LogP contribution in [0.25, 0.3) is 10.2 Å². The molecule has 0 unspecified atom stereocenters. The molecule has 10 heteroatoms. The Hall–Kier alpha value is -2.88. The van der Waals surface area contributed by atoms with Crippen LogP contribution in [-0.4, -0.2) is 29.0 Å². The van der Waals surface area contributed by atoms with E-state index in [-0.39, 0.29) is 43.2 Å². The Bertz CT molecular complexity index is 1190. The number of hydrogen-bond acceptors (Lipinski definition) is 5. The summed E-state index contributed by atoms with van der Waals surface area (Å²) in [5.41, 5.74) is 0.179. The van der Waals surface area contributed by atoms with Crippen LogP contribution in [0.1, 0.15) is 41.1 Å². The van der Waals surface area contributed by atoms with Gasteiger partial charge in [-0.15, -0.1) is 11.3 Å². The molecule has 1 amide bonds. The Morgan fingerprint density at radius 2 is 2.06 bits per heavy atom. The van der Waals surface area contributed by atoms with Crippen LogP contribution < -0.4 is 15.6 Å². The first-order chi connectivity index (χ1) is 15.3. The summed E-state index contributed by atoms with van der Waals surface area (Å²) in [7, 11) is 0. The standard InChI is InChI=1S/C22H22F3N3O3S/c23-22(24,25)13-4-3-5-14(12-13)31-11-10-26-18(29)9-8-17-27-20(30)19-15-6-1-2-7-16(15)32-21(19)28-17/h3-5,12H,1-2,6-11H2,(H,26,29)(H,27,28,30). The number of aryl methyl sites for hydroxylation is 3. The topological polar surface area (TPSA) is 84.1 Å². The number of halogens is 3. The zero-order valence-electron chi connectivity index (χ0n) is 17.2. The highest BCUT2D eigenvalue weighted by Crippen LogP contribution is 2.33. The summed E-state index contributed by atoms with van der Waals surface area (Å²) in [6, 6.07) is 4.58. The maximum atomic E-state index is 12.7. The first-order valence-corrected chi connectivity index (χ1v) is 11.2. The van der Waals surface area contributed by atoms with E-state index >= 15 is 0 Å². The molecule has 0 radical (unpaired) electrons. The SMILES string of the molecule is O=C(CCc1nc2sc3c(c2c(=O)[nH]1)CCCC3)NCCOc1cccc(C(F)(F)F)c1. The van der Waals surface area contributed by atoms with Gasteiger partial charge in [-0.1, -0.05) is 6.07 Å². The van der Waals surface area contributed by atoms with Crippen molar-refractivity contribution in [2.24, 2.45) is 0 Å². The largest absolute Gasteiger partial charge is 0.492 e. The van der Waals surface area contributed by atoms with Gasteiger partial charge in [-0.3, -0.25) is 9.59 Å². The number of hydrogen-bond donors (Lipinski definition) is 2. The van der Waals surface area contributed by atoms with Crippen molar-refractivity contribution >= 4 is 27.5 Å². The third-order valence-corrected chi connectivity index (χ3v) is 6.50. The van der Waals surface area contributed by atoms with E-state index in [0.717, 1.165) is 48.2 Å². The van der Waals surface area contributed by atoms with Crippen molar-refractivity contribution in [1.29, 1.82) is 0 Å². The number of nitrogens with zero attached hydrogens (tertiary/aromatic N) is 1. The summed E-state index contributed by atoms with van der Waals surface area (Å²) >= 11 is 1.56. The molecule has 0 bridgehead atoms. The highest BCUT2D eigenvalue weighted by Gasteiger charge is 2.30. The number of thiophene rings is 1. The quantitative estimate of drug-likeness (QED) is 0.517. The fourth-order valence-corrected chi connectivity index (χ4v) is 5.05. The Balaban J connectivity index is 1.26. The van der Waals surface area contributed by atoms with Gasteiger partial charge in [0.15, 0.2) is 0 Å². The lowest BCUT2D eigenvalue weighted by atomic mass is 9.97. The van der Waals surface area contributed by atoms with Crippen LogP contribution in [-0.2, 0) is 30.2 Å². The van der Waals surface area contributed by atoms with Gasteiger partial charge in [-0.05, 0) is 49.4 Å². The molecule has 32 heavy (non-hydrogen) atoms. The van der Waals surface area contributed by atoms with Crippen molar-refractivity contribution in [3.8, 4) is 5.75 Å². The number of benzene rings is 1. The van der Waals surface area contributed by atoms with Crippen molar-refractivity contribution in [3.63, 3.8) is 0 Å². The second-order valence-corrected chi connectivity index (χ2v) is 8.71. The van der Waals surface area contributed by atoms with Crippen molar-refractivity contribution in [1.82, 2.24) is 15.3 Å². The first kappa shape index (κ1) is 22.3. The van der Waals surface area contributed by atoms with E-state index < -0.39 is 11.7 Å². The zero-order chi connectivity index (χ0) is 22.7. The third-order valence-electron chi connectivity index (χ3n) is 5.32. The molecule has 1 aliphatic rings. The van der Waals surface area contributed by atoms with Gasteiger partial charge < -0.3 is 15.0 Å². The van der Waals surface area contributed by atoms with Crippen molar-refractivity contribution in [2.45, 2.75) is 44.7 Å². The van der Waals surface area contributed by atoms with E-state index in [2.05, 4.69) is 15.3 Å². The Morgan fingerprint density at radius 3 is 2.88 bits per heavy atom. The van der Waals surface area contributed by atoms with Gasteiger partial charge in [-0.2, -0.15) is 13.2 Å². The lowest BCUT2D eigenvalue weighted by Gasteiger charge is -2.11. The first-order valence-electron chi connectivity index (χ1n) is 10.4. The van der Waals surface area contributed by atoms with Crippen LogP contribution in [0.2, 0.25) is 0 Å². The molecule has 0 atom stereocenters. The highest BCUT2D eigenvalue weighted by atomic mass is 32.1. The number of fused-ring (bicyclic) bond motifs is 3. The summed E-state index contributed by atoms with van der Waals surface area (Å²) in [6.45, 7) is 0.185. The average Bonchev–Trinajstić information content (AvgIpc) is 3.14. The zero-order valence-corrected chi connectivity index (χ0v) is 18.0. The molecule has 2 N–H and O–H groups in total. The van der Waals surface area contributed by atoms with Crippen LogP contribution in [0.15, 0.2) is 29.1 Å². The van der Waals surface area contributed by atoms with E-state index in [4.69, 9.17) is 4.74 Å². The fourth-order valence-electron chi connectivity index (χ4n) is 3.77.